The zero-order chi connectivity index (χ0) is 20.4. The Kier molecular flexibility index (Phi) is 4.55. The number of carbonyl (C=O) groups is 1. The maximum absolute atomic E-state index is 13.3. The maximum Gasteiger partial charge on any atom is 0.248 e. The van der Waals surface area contributed by atoms with E-state index >= 15 is 0 Å². The molecule has 7 atom stereocenters. The van der Waals surface area contributed by atoms with Crippen LogP contribution in [-0.4, -0.2) is 34.7 Å². The van der Waals surface area contributed by atoms with Gasteiger partial charge in [-0.05, 0) is 55.7 Å². The topological polar surface area (TPSA) is 60.4 Å². The Morgan fingerprint density at radius 3 is 2.66 bits per heavy atom. The molecule has 1 aliphatic carbocycles. The van der Waals surface area contributed by atoms with Crippen molar-refractivity contribution in [3.63, 3.8) is 0 Å². The summed E-state index contributed by atoms with van der Waals surface area (Å²) < 4.78 is 6.44. The third-order valence-corrected chi connectivity index (χ3v) is 7.69. The highest BCUT2D eigenvalue weighted by Crippen LogP contribution is 2.60. The van der Waals surface area contributed by atoms with Gasteiger partial charge in [-0.1, -0.05) is 37.6 Å². The number of ether oxygens (including phenoxy) is 1. The number of rotatable bonds is 2. The average Bonchev–Trinajstić information content (AvgIpc) is 2.94. The van der Waals surface area contributed by atoms with Crippen LogP contribution in [0.5, 0.6) is 0 Å². The number of nitrogens with zero attached hydrogens (tertiary/aromatic N) is 2. The van der Waals surface area contributed by atoms with E-state index in [0.717, 1.165) is 31.2 Å². The molecule has 2 bridgehead atoms. The van der Waals surface area contributed by atoms with E-state index in [9.17, 15) is 4.79 Å². The second-order valence-electron chi connectivity index (χ2n) is 9.20. The normalized spacial score (nSPS) is 44.1. The molecule has 0 unspecified atom stereocenters. The second-order valence-corrected chi connectivity index (χ2v) is 9.63. The van der Waals surface area contributed by atoms with Crippen LogP contribution in [0.15, 0.2) is 29.4 Å². The van der Waals surface area contributed by atoms with Crippen LogP contribution in [0.25, 0.3) is 0 Å². The van der Waals surface area contributed by atoms with E-state index in [1.165, 1.54) is 5.01 Å². The van der Waals surface area contributed by atoms with Gasteiger partial charge in [-0.25, -0.2) is 14.8 Å². The second kappa shape index (κ2) is 6.77. The summed E-state index contributed by atoms with van der Waals surface area (Å²) in [5.41, 5.74) is 0.184. The van der Waals surface area contributed by atoms with E-state index in [0.29, 0.717) is 10.9 Å². The van der Waals surface area contributed by atoms with Gasteiger partial charge in [0.1, 0.15) is 0 Å². The smallest absolute Gasteiger partial charge is 0.248 e. The summed E-state index contributed by atoms with van der Waals surface area (Å²) in [6, 6.07) is 7.35. The molecule has 1 saturated carbocycles. The number of carbonyl (C=O) groups excluding carboxylic acids is 1. The van der Waals surface area contributed by atoms with E-state index in [1.807, 2.05) is 26.0 Å². The van der Waals surface area contributed by atoms with Crippen LogP contribution in [0.2, 0.25) is 5.02 Å². The van der Waals surface area contributed by atoms with Gasteiger partial charge in [0.2, 0.25) is 11.7 Å². The largest absolute Gasteiger partial charge is 0.319 e. The molecule has 156 valence electrons. The average molecular weight is 419 g/mol. The Hall–Kier alpha value is -1.47. The Bertz CT molecular complexity index is 846. The van der Waals surface area contributed by atoms with Gasteiger partial charge in [0, 0.05) is 23.3 Å². The summed E-state index contributed by atoms with van der Waals surface area (Å²) in [7, 11) is 0. The van der Waals surface area contributed by atoms with E-state index in [-0.39, 0.29) is 23.7 Å². The first-order valence-electron chi connectivity index (χ1n) is 10.5. The number of piperidine rings is 1. The van der Waals surface area contributed by atoms with Crippen LogP contribution in [0, 0.1) is 23.7 Å². The monoisotopic (exact) mass is 418 g/mol. The molecule has 0 aromatic heterocycles. The minimum absolute atomic E-state index is 0.0242. The highest BCUT2D eigenvalue weighted by atomic mass is 35.5. The number of hydrazone groups is 1. The molecule has 0 N–H and O–H groups in total. The summed E-state index contributed by atoms with van der Waals surface area (Å²) >= 11 is 5.98. The van der Waals surface area contributed by atoms with Crippen molar-refractivity contribution in [2.45, 2.75) is 64.1 Å². The van der Waals surface area contributed by atoms with Crippen molar-refractivity contribution >= 4 is 23.7 Å². The van der Waals surface area contributed by atoms with Crippen molar-refractivity contribution in [3.8, 4) is 0 Å². The fourth-order valence-electron chi connectivity index (χ4n) is 5.83. The van der Waals surface area contributed by atoms with Crippen LogP contribution in [0.3, 0.4) is 0 Å². The molecule has 4 saturated heterocycles. The molecule has 5 fully saturated rings. The third-order valence-electron chi connectivity index (χ3n) is 7.44. The predicted octanol–water partition coefficient (Wildman–Crippen LogP) is 4.37. The molecular weight excluding hydrogens is 392 g/mol. The highest BCUT2D eigenvalue weighted by Gasteiger charge is 2.70. The summed E-state index contributed by atoms with van der Waals surface area (Å²) in [6.07, 6.45) is 4.82. The van der Waals surface area contributed by atoms with Crippen molar-refractivity contribution in [2.24, 2.45) is 28.8 Å². The number of hydrogen-bond acceptors (Lipinski definition) is 5. The quantitative estimate of drug-likeness (QED) is 0.528. The number of fused-ring (bicyclic) bond motifs is 2. The molecule has 1 aromatic carbocycles. The maximum atomic E-state index is 13.3. The molecule has 4 heterocycles. The minimum atomic E-state index is -0.869. The molecule has 5 aliphatic rings. The first-order chi connectivity index (χ1) is 13.8. The SMILES string of the molecule is C[C@@H]1CC[C@H]2[C@@H](C)C(=O)N(/N=C/c3ccc(Cl)cc3)[C@@H]3O[C@@]4(C)CC[C@@H]1[C@@]23OO4. The van der Waals surface area contributed by atoms with Gasteiger partial charge < -0.3 is 4.74 Å². The van der Waals surface area contributed by atoms with E-state index in [4.69, 9.17) is 26.1 Å². The number of halogens is 1. The Labute approximate surface area is 176 Å². The first kappa shape index (κ1) is 19.5. The standard InChI is InChI=1S/C22H27ClN2O4/c1-13-4-9-18-14(2)19(26)25(24-12-15-5-7-16(23)8-6-15)20-22(18)17(13)10-11-21(3,27-20)28-29-22/h5-8,12-14,17-18,20H,4,9-11H2,1-3H3/b24-12+/t13-,14-,17+,18+,20-,21-,22-/m1/s1. The van der Waals surface area contributed by atoms with Crippen molar-refractivity contribution < 1.29 is 19.3 Å². The lowest BCUT2D eigenvalue weighted by Crippen LogP contribution is -2.74. The summed E-state index contributed by atoms with van der Waals surface area (Å²) in [4.78, 5) is 25.4. The Morgan fingerprint density at radius 1 is 1.14 bits per heavy atom. The molecule has 7 heteroatoms. The van der Waals surface area contributed by atoms with Crippen molar-refractivity contribution in [2.75, 3.05) is 0 Å². The van der Waals surface area contributed by atoms with Crippen LogP contribution in [-0.2, 0) is 19.3 Å². The predicted molar refractivity (Wildman–Crippen MR) is 108 cm³/mol. The highest BCUT2D eigenvalue weighted by molar-refractivity contribution is 6.30. The lowest BCUT2D eigenvalue weighted by Gasteiger charge is -2.60. The van der Waals surface area contributed by atoms with Gasteiger partial charge in [0.15, 0.2) is 11.8 Å². The molecule has 6 nitrogen and oxygen atoms in total. The lowest BCUT2D eigenvalue weighted by atomic mass is 9.57. The molecule has 1 amide bonds. The lowest BCUT2D eigenvalue weighted by molar-refractivity contribution is -0.547. The van der Waals surface area contributed by atoms with Gasteiger partial charge in [-0.15, -0.1) is 0 Å². The van der Waals surface area contributed by atoms with Gasteiger partial charge in [0.05, 0.1) is 6.21 Å². The molecule has 1 spiro atoms. The van der Waals surface area contributed by atoms with E-state index < -0.39 is 17.6 Å². The third kappa shape index (κ3) is 2.87. The van der Waals surface area contributed by atoms with Crippen molar-refractivity contribution in [3.05, 3.63) is 34.9 Å². The van der Waals surface area contributed by atoms with Crippen molar-refractivity contribution in [1.82, 2.24) is 5.01 Å². The number of hydrogen-bond donors (Lipinski definition) is 0. The Balaban J connectivity index is 1.58. The minimum Gasteiger partial charge on any atom is -0.319 e. The van der Waals surface area contributed by atoms with Gasteiger partial charge >= 0.3 is 0 Å². The van der Waals surface area contributed by atoms with E-state index in [2.05, 4.69) is 12.0 Å². The molecular formula is C22H27ClN2O4. The first-order valence-corrected chi connectivity index (χ1v) is 10.9. The number of amides is 1. The molecule has 1 aromatic rings. The van der Waals surface area contributed by atoms with E-state index in [1.54, 1.807) is 18.3 Å². The fraction of sp³-hybridized carbons (Fsp3) is 0.636. The van der Waals surface area contributed by atoms with Crippen molar-refractivity contribution in [1.29, 1.82) is 0 Å². The summed E-state index contributed by atoms with van der Waals surface area (Å²) in [5.74, 6) is -0.303. The number of benzene rings is 1. The van der Waals surface area contributed by atoms with Gasteiger partial charge in [-0.3, -0.25) is 4.79 Å². The molecule has 6 rings (SSSR count). The summed E-state index contributed by atoms with van der Waals surface area (Å²) in [6.45, 7) is 6.15. The zero-order valence-corrected chi connectivity index (χ0v) is 17.8. The molecule has 29 heavy (non-hydrogen) atoms. The fourth-order valence-corrected chi connectivity index (χ4v) is 5.96. The zero-order valence-electron chi connectivity index (χ0n) is 17.0. The van der Waals surface area contributed by atoms with Crippen LogP contribution >= 0.6 is 11.6 Å². The van der Waals surface area contributed by atoms with Gasteiger partial charge in [0.25, 0.3) is 0 Å². The van der Waals surface area contributed by atoms with Gasteiger partial charge in [-0.2, -0.15) is 5.10 Å². The molecule has 4 aliphatic heterocycles. The Morgan fingerprint density at radius 2 is 1.90 bits per heavy atom. The van der Waals surface area contributed by atoms with Crippen LogP contribution in [0.1, 0.15) is 52.0 Å². The van der Waals surface area contributed by atoms with Crippen LogP contribution < -0.4 is 0 Å². The summed E-state index contributed by atoms with van der Waals surface area (Å²) in [5, 5.41) is 6.76. The van der Waals surface area contributed by atoms with Crippen LogP contribution in [0.4, 0.5) is 0 Å². The molecule has 0 radical (unpaired) electrons.